The number of carbonyl (C=O) groups excluding carboxylic acids is 2. The molecule has 2 amide bonds. The van der Waals surface area contributed by atoms with E-state index >= 15 is 0 Å². The Labute approximate surface area is 396 Å². The fraction of sp³-hybridized carbons (Fsp3) is 0.391. The molecule has 0 radical (unpaired) electrons. The van der Waals surface area contributed by atoms with E-state index in [1.807, 2.05) is 46.1 Å². The van der Waals surface area contributed by atoms with Crippen LogP contribution in [0.3, 0.4) is 0 Å². The number of fused-ring (bicyclic) bond motifs is 4. The molecule has 0 aliphatic rings. The van der Waals surface area contributed by atoms with Gasteiger partial charge in [-0.3, -0.25) is 19.0 Å². The summed E-state index contributed by atoms with van der Waals surface area (Å²) >= 11 is 0. The number of rotatable bonds is 11. The van der Waals surface area contributed by atoms with Crippen molar-refractivity contribution in [3.63, 3.8) is 0 Å². The van der Waals surface area contributed by atoms with Crippen molar-refractivity contribution in [3.05, 3.63) is 72.3 Å². The van der Waals surface area contributed by atoms with Crippen molar-refractivity contribution in [2.75, 3.05) is 19.1 Å². The van der Waals surface area contributed by atoms with Crippen LogP contribution in [0.15, 0.2) is 71.0 Å². The molecule has 8 rings (SSSR count). The third-order valence-electron chi connectivity index (χ3n) is 10.6. The number of amides is 2. The quantitative estimate of drug-likeness (QED) is 0.0907. The highest BCUT2D eigenvalue weighted by Gasteiger charge is 2.25. The summed E-state index contributed by atoms with van der Waals surface area (Å²) in [5.74, 6) is -0.498. The van der Waals surface area contributed by atoms with E-state index < -0.39 is 33.3 Å². The number of nitrogens with one attached hydrogen (secondary N) is 3. The summed E-state index contributed by atoms with van der Waals surface area (Å²) in [5, 5.41) is 16.5. The van der Waals surface area contributed by atoms with Crippen LogP contribution in [0.25, 0.3) is 66.9 Å². The number of H-pyrrole nitrogens is 1. The van der Waals surface area contributed by atoms with Crippen LogP contribution in [0.4, 0.5) is 0 Å². The van der Waals surface area contributed by atoms with Gasteiger partial charge in [-0.15, -0.1) is 0 Å². The molecule has 22 heteroatoms. The maximum Gasteiger partial charge on any atom is 0.255 e. The van der Waals surface area contributed by atoms with Crippen molar-refractivity contribution in [2.24, 2.45) is 14.1 Å². The molecule has 0 spiro atoms. The SMILES string of the molecule is Cn1nc(-c2cnc3[nH]cc(C(=O)NC(C)(C)C)c3n2)c2ccc(S(C)(=O)=O)cc21.Cn1nc(-c2cnc3c(n2)c(C(=O)NC(C)(C)C)cn3COCC[Si](C)(C)C)c2ccc(S(C)(=O)=O)cc21. The monoisotopic (exact) mass is 982 g/mol. The van der Waals surface area contributed by atoms with E-state index in [4.69, 9.17) is 9.72 Å². The number of hydrogen-bond acceptors (Lipinski definition) is 13. The van der Waals surface area contributed by atoms with Crippen LogP contribution in [0.1, 0.15) is 62.3 Å². The first-order valence-electron chi connectivity index (χ1n) is 21.7. The summed E-state index contributed by atoms with van der Waals surface area (Å²) in [6, 6.07) is 10.8. The first kappa shape index (κ1) is 49.5. The fourth-order valence-electron chi connectivity index (χ4n) is 7.28. The lowest BCUT2D eigenvalue weighted by molar-refractivity contribution is 0.0884. The highest BCUT2D eigenvalue weighted by Crippen LogP contribution is 2.32. The molecule has 8 aromatic rings. The lowest BCUT2D eigenvalue weighted by atomic mass is 10.1. The Morgan fingerprint density at radius 2 is 1.21 bits per heavy atom. The molecule has 0 unspecified atom stereocenters. The van der Waals surface area contributed by atoms with Crippen molar-refractivity contribution in [3.8, 4) is 22.8 Å². The largest absolute Gasteiger partial charge is 0.361 e. The Hall–Kier alpha value is -6.36. The predicted molar refractivity (Wildman–Crippen MR) is 266 cm³/mol. The summed E-state index contributed by atoms with van der Waals surface area (Å²) in [6.07, 6.45) is 8.87. The van der Waals surface area contributed by atoms with Crippen molar-refractivity contribution in [1.82, 2.24) is 59.7 Å². The Balaban J connectivity index is 0.000000207. The molecule has 0 bridgehead atoms. The van der Waals surface area contributed by atoms with Gasteiger partial charge in [-0.1, -0.05) is 19.6 Å². The minimum Gasteiger partial charge on any atom is -0.361 e. The molecule has 0 fully saturated rings. The molecular formula is C46H58N12O7S2Si. The number of sulfone groups is 2. The molecule has 2 aromatic carbocycles. The van der Waals surface area contributed by atoms with Crippen LogP contribution in [-0.2, 0) is 45.2 Å². The number of ether oxygens (including phenoxy) is 1. The van der Waals surface area contributed by atoms with Gasteiger partial charge in [-0.25, -0.2) is 36.8 Å². The second-order valence-electron chi connectivity index (χ2n) is 20.2. The van der Waals surface area contributed by atoms with Gasteiger partial charge < -0.3 is 24.9 Å². The summed E-state index contributed by atoms with van der Waals surface area (Å²) in [4.78, 5) is 47.8. The summed E-state index contributed by atoms with van der Waals surface area (Å²) in [5.41, 5.74) is 5.32. The van der Waals surface area contributed by atoms with Crippen LogP contribution >= 0.6 is 0 Å². The smallest absolute Gasteiger partial charge is 0.255 e. The average Bonchev–Trinajstić information content (AvgIpc) is 3.99. The first-order valence-corrected chi connectivity index (χ1v) is 29.2. The molecule has 68 heavy (non-hydrogen) atoms. The molecule has 0 atom stereocenters. The van der Waals surface area contributed by atoms with E-state index in [-0.39, 0.29) is 33.9 Å². The molecule has 0 aliphatic heterocycles. The molecule has 360 valence electrons. The number of carbonyl (C=O) groups is 2. The highest BCUT2D eigenvalue weighted by atomic mass is 32.2. The van der Waals surface area contributed by atoms with Crippen LogP contribution in [0, 0.1) is 0 Å². The number of nitrogens with zero attached hydrogens (tertiary/aromatic N) is 9. The van der Waals surface area contributed by atoms with Crippen LogP contribution in [0.2, 0.25) is 25.7 Å². The lowest BCUT2D eigenvalue weighted by Crippen LogP contribution is -2.40. The second kappa shape index (κ2) is 17.9. The number of aromatic amines is 1. The normalized spacial score (nSPS) is 12.8. The number of hydrogen-bond donors (Lipinski definition) is 3. The molecule has 0 saturated heterocycles. The van der Waals surface area contributed by atoms with E-state index in [0.29, 0.717) is 73.9 Å². The molecular weight excluding hydrogens is 925 g/mol. The van der Waals surface area contributed by atoms with Crippen LogP contribution < -0.4 is 10.6 Å². The van der Waals surface area contributed by atoms with Crippen LogP contribution in [-0.4, -0.2) is 116 Å². The van der Waals surface area contributed by atoms with Gasteiger partial charge in [0.25, 0.3) is 11.8 Å². The van der Waals surface area contributed by atoms with Gasteiger partial charge in [0.1, 0.15) is 40.5 Å². The van der Waals surface area contributed by atoms with Crippen molar-refractivity contribution in [2.45, 2.75) is 94.8 Å². The van der Waals surface area contributed by atoms with Gasteiger partial charge in [0, 0.05) is 75.5 Å². The Morgan fingerprint density at radius 1 is 0.721 bits per heavy atom. The van der Waals surface area contributed by atoms with Gasteiger partial charge in [0.15, 0.2) is 31.0 Å². The Kier molecular flexibility index (Phi) is 13.1. The summed E-state index contributed by atoms with van der Waals surface area (Å²) in [7, 11) is -4.45. The first-order chi connectivity index (χ1) is 31.5. The third-order valence-corrected chi connectivity index (χ3v) is 14.6. The van der Waals surface area contributed by atoms with Crippen LogP contribution in [0.5, 0.6) is 0 Å². The zero-order chi connectivity index (χ0) is 49.9. The molecule has 3 N–H and O–H groups in total. The predicted octanol–water partition coefficient (Wildman–Crippen LogP) is 6.67. The number of aryl methyl sites for hydroxylation is 2. The van der Waals surface area contributed by atoms with E-state index in [2.05, 4.69) is 60.4 Å². The second-order valence-corrected chi connectivity index (χ2v) is 29.9. The van der Waals surface area contributed by atoms with Gasteiger partial charge in [-0.2, -0.15) is 10.2 Å². The summed E-state index contributed by atoms with van der Waals surface area (Å²) < 4.78 is 58.9. The molecule has 6 heterocycles. The van der Waals surface area contributed by atoms with Crippen molar-refractivity contribution >= 4 is 83.7 Å². The van der Waals surface area contributed by atoms with Gasteiger partial charge in [0.2, 0.25) is 0 Å². The maximum atomic E-state index is 13.2. The minimum atomic E-state index is -3.37. The van der Waals surface area contributed by atoms with E-state index in [9.17, 15) is 26.4 Å². The summed E-state index contributed by atoms with van der Waals surface area (Å²) in [6.45, 7) is 19.3. The van der Waals surface area contributed by atoms with Gasteiger partial charge in [0.05, 0.1) is 44.3 Å². The average molecular weight is 983 g/mol. The third kappa shape index (κ3) is 11.0. The molecule has 6 aromatic heterocycles. The standard InChI is InChI=1S/C26H36N6O4SSi.C20H22N6O3S/c1-26(2,3)29-25(33)19-15-32(16-36-11-12-38(6,7)8)24-23(19)28-20(14-27-24)22-18-10-9-17(37(5,34)35)13-21(18)31(4)30-22;1-20(2,3)24-19(27)13-9-21-18-17(13)23-14(10-22-18)16-12-7-6-11(30(5,28)29)8-15(12)26(4)25-16/h9-10,13-15H,11-12,16H2,1-8H3,(H,29,33);6-10H,1-5H3,(H,21,22)(H,24,27). The van der Waals surface area contributed by atoms with E-state index in [1.165, 1.54) is 12.5 Å². The molecule has 19 nitrogen and oxygen atoms in total. The van der Waals surface area contributed by atoms with Crippen molar-refractivity contribution < 1.29 is 31.2 Å². The Bertz CT molecular complexity index is 3500. The minimum absolute atomic E-state index is 0.216. The van der Waals surface area contributed by atoms with Gasteiger partial charge in [-0.05, 0) is 84.0 Å². The zero-order valence-corrected chi connectivity index (χ0v) is 43.2. The topological polar surface area (TPSA) is 244 Å². The number of aromatic nitrogens is 10. The van der Waals surface area contributed by atoms with Gasteiger partial charge >= 0.3 is 0 Å². The highest BCUT2D eigenvalue weighted by molar-refractivity contribution is 7.91. The zero-order valence-electron chi connectivity index (χ0n) is 40.6. The van der Waals surface area contributed by atoms with E-state index in [1.54, 1.807) is 84.6 Å². The Morgan fingerprint density at radius 3 is 1.69 bits per heavy atom. The van der Waals surface area contributed by atoms with Crippen molar-refractivity contribution in [1.29, 1.82) is 0 Å². The fourth-order valence-corrected chi connectivity index (χ4v) is 9.32. The lowest BCUT2D eigenvalue weighted by Gasteiger charge is -2.20. The van der Waals surface area contributed by atoms with E-state index in [0.717, 1.165) is 16.8 Å². The number of benzene rings is 2. The molecule has 0 saturated carbocycles. The molecule has 0 aliphatic carbocycles. The maximum absolute atomic E-state index is 13.2.